The van der Waals surface area contributed by atoms with Gasteiger partial charge in [-0.2, -0.15) is 0 Å². The fourth-order valence-electron chi connectivity index (χ4n) is 12.2. The first-order valence-electron chi connectivity index (χ1n) is 18.3. The molecule has 0 unspecified atom stereocenters. The van der Waals surface area contributed by atoms with Crippen molar-refractivity contribution in [3.8, 4) is 0 Å². The maximum atomic E-state index is 14.3. The lowest BCUT2D eigenvalue weighted by molar-refractivity contribution is -0.208. The van der Waals surface area contributed by atoms with Crippen molar-refractivity contribution in [2.75, 3.05) is 0 Å². The Hall–Kier alpha value is -2.63. The summed E-state index contributed by atoms with van der Waals surface area (Å²) >= 11 is 0. The number of carbonyl (C=O) groups excluding carboxylic acids is 2. The lowest BCUT2D eigenvalue weighted by atomic mass is 9.33. The van der Waals surface area contributed by atoms with Crippen molar-refractivity contribution in [2.24, 2.45) is 50.2 Å². The standard InChI is InChI=1S/C41H58O6/c1-36(2)19-21-41(35(45)46-26-27-11-9-8-10-12-27)22-20-39(6)29(30(41)25-36)13-14-32-38(5)24-28(47-34(44)16-15-33(42)43)23-37(3,4)31(38)17-18-40(32,39)7/h8-13,28,30-32H,14-26H2,1-7H3,(H,42,43)/t28-,30-,31-,32+,38-,39+,40+,41-/m0/s1. The number of carboxylic acids is 1. The number of aliphatic carboxylic acids is 1. The third kappa shape index (κ3) is 5.67. The van der Waals surface area contributed by atoms with E-state index < -0.39 is 17.4 Å². The van der Waals surface area contributed by atoms with Crippen LogP contribution in [0, 0.1) is 50.2 Å². The minimum atomic E-state index is -0.971. The van der Waals surface area contributed by atoms with Gasteiger partial charge in [0.15, 0.2) is 0 Å². The highest BCUT2D eigenvalue weighted by molar-refractivity contribution is 5.79. The molecular weight excluding hydrogens is 588 g/mol. The molecule has 5 aliphatic rings. The van der Waals surface area contributed by atoms with Crippen LogP contribution in [0.3, 0.4) is 0 Å². The maximum Gasteiger partial charge on any atom is 0.313 e. The van der Waals surface area contributed by atoms with Crippen LogP contribution in [-0.4, -0.2) is 29.1 Å². The zero-order chi connectivity index (χ0) is 34.0. The Morgan fingerprint density at radius 1 is 0.830 bits per heavy atom. The summed E-state index contributed by atoms with van der Waals surface area (Å²) in [6.07, 6.45) is 11.8. The number of allylic oxidation sites excluding steroid dienone is 2. The SMILES string of the molecule is CC1(C)CC[C@]2(C(=O)OCc3ccccc3)CC[C@]3(C)C(=CC[C@@H]4[C@@]5(C)C[C@@H](OC(=O)CCC(=O)O)CC(C)(C)[C@@H]5CC[C@]43C)[C@@H]2C1. The highest BCUT2D eigenvalue weighted by Gasteiger charge is 2.69. The summed E-state index contributed by atoms with van der Waals surface area (Å²) in [5.74, 6) is -0.242. The van der Waals surface area contributed by atoms with Gasteiger partial charge in [0.25, 0.3) is 0 Å². The van der Waals surface area contributed by atoms with E-state index in [1.54, 1.807) is 0 Å². The minimum absolute atomic E-state index is 0.00524. The Kier molecular flexibility index (Phi) is 8.57. The van der Waals surface area contributed by atoms with E-state index in [0.717, 1.165) is 63.4 Å². The number of benzene rings is 1. The van der Waals surface area contributed by atoms with Crippen LogP contribution >= 0.6 is 0 Å². The van der Waals surface area contributed by atoms with Gasteiger partial charge in [-0.15, -0.1) is 0 Å². The molecule has 47 heavy (non-hydrogen) atoms. The van der Waals surface area contributed by atoms with Crippen LogP contribution in [0.2, 0.25) is 0 Å². The van der Waals surface area contributed by atoms with Gasteiger partial charge in [0.05, 0.1) is 18.3 Å². The summed E-state index contributed by atoms with van der Waals surface area (Å²) < 4.78 is 12.2. The summed E-state index contributed by atoms with van der Waals surface area (Å²) in [6.45, 7) is 17.3. The minimum Gasteiger partial charge on any atom is -0.481 e. The first-order chi connectivity index (χ1) is 22.0. The molecule has 0 radical (unpaired) electrons. The Morgan fingerprint density at radius 3 is 2.23 bits per heavy atom. The number of hydrogen-bond acceptors (Lipinski definition) is 5. The van der Waals surface area contributed by atoms with Crippen LogP contribution in [0.5, 0.6) is 0 Å². The van der Waals surface area contributed by atoms with E-state index >= 15 is 0 Å². The van der Waals surface area contributed by atoms with Gasteiger partial charge in [-0.3, -0.25) is 14.4 Å². The fraction of sp³-hybridized carbons (Fsp3) is 0.732. The van der Waals surface area contributed by atoms with Gasteiger partial charge in [-0.05, 0) is 115 Å². The molecule has 8 atom stereocenters. The average Bonchev–Trinajstić information content (AvgIpc) is 2.98. The first kappa shape index (κ1) is 34.2. The molecular formula is C41H58O6. The fourth-order valence-corrected chi connectivity index (χ4v) is 12.2. The molecule has 4 saturated carbocycles. The van der Waals surface area contributed by atoms with Gasteiger partial charge < -0.3 is 14.6 Å². The van der Waals surface area contributed by atoms with E-state index in [2.05, 4.69) is 54.5 Å². The lowest BCUT2D eigenvalue weighted by Gasteiger charge is -2.71. The van der Waals surface area contributed by atoms with E-state index in [4.69, 9.17) is 14.6 Å². The quantitative estimate of drug-likeness (QED) is 0.235. The molecule has 0 saturated heterocycles. The van der Waals surface area contributed by atoms with Crippen molar-refractivity contribution in [3.63, 3.8) is 0 Å². The summed E-state index contributed by atoms with van der Waals surface area (Å²) in [4.78, 5) is 38.1. The van der Waals surface area contributed by atoms with Gasteiger partial charge in [-0.1, -0.05) is 90.4 Å². The normalized spacial score (nSPS) is 39.9. The molecule has 1 aromatic rings. The topological polar surface area (TPSA) is 89.9 Å². The van der Waals surface area contributed by atoms with E-state index in [1.165, 1.54) is 12.0 Å². The number of hydrogen-bond donors (Lipinski definition) is 1. The van der Waals surface area contributed by atoms with Crippen LogP contribution in [-0.2, 0) is 30.5 Å². The van der Waals surface area contributed by atoms with Crippen molar-refractivity contribution in [2.45, 2.75) is 138 Å². The molecule has 258 valence electrons. The van der Waals surface area contributed by atoms with E-state index in [1.807, 2.05) is 30.3 Å². The smallest absolute Gasteiger partial charge is 0.313 e. The number of esters is 2. The Labute approximate surface area is 282 Å². The van der Waals surface area contributed by atoms with Crippen molar-refractivity contribution < 1.29 is 29.0 Å². The third-order valence-electron chi connectivity index (χ3n) is 14.7. The predicted octanol–water partition coefficient (Wildman–Crippen LogP) is 9.31. The zero-order valence-electron chi connectivity index (χ0n) is 30.0. The number of fused-ring (bicyclic) bond motifs is 7. The average molecular weight is 647 g/mol. The van der Waals surface area contributed by atoms with Gasteiger partial charge >= 0.3 is 17.9 Å². The third-order valence-corrected chi connectivity index (χ3v) is 14.7. The number of carbonyl (C=O) groups is 3. The number of ether oxygens (including phenoxy) is 2. The number of rotatable bonds is 7. The van der Waals surface area contributed by atoms with Gasteiger partial charge in [0.2, 0.25) is 0 Å². The molecule has 0 bridgehead atoms. The predicted molar refractivity (Wildman–Crippen MR) is 182 cm³/mol. The second-order valence-electron chi connectivity index (χ2n) is 18.3. The lowest BCUT2D eigenvalue weighted by Crippen LogP contribution is -2.65. The van der Waals surface area contributed by atoms with Crippen molar-refractivity contribution in [3.05, 3.63) is 47.5 Å². The monoisotopic (exact) mass is 646 g/mol. The van der Waals surface area contributed by atoms with E-state index in [0.29, 0.717) is 18.4 Å². The molecule has 6 rings (SSSR count). The van der Waals surface area contributed by atoms with Crippen LogP contribution in [0.15, 0.2) is 42.0 Å². The Morgan fingerprint density at radius 2 is 1.53 bits per heavy atom. The van der Waals surface area contributed by atoms with E-state index in [9.17, 15) is 14.4 Å². The summed E-state index contributed by atoms with van der Waals surface area (Å²) in [7, 11) is 0. The van der Waals surface area contributed by atoms with Gasteiger partial charge in [0, 0.05) is 0 Å². The molecule has 1 aromatic carbocycles. The van der Waals surface area contributed by atoms with Crippen LogP contribution < -0.4 is 0 Å². The molecule has 0 aliphatic heterocycles. The van der Waals surface area contributed by atoms with Crippen molar-refractivity contribution in [1.82, 2.24) is 0 Å². The van der Waals surface area contributed by atoms with Crippen molar-refractivity contribution >= 4 is 17.9 Å². The summed E-state index contributed by atoms with van der Waals surface area (Å²) in [5, 5.41) is 9.11. The summed E-state index contributed by atoms with van der Waals surface area (Å²) in [6, 6.07) is 10.0. The van der Waals surface area contributed by atoms with Crippen LogP contribution in [0.25, 0.3) is 0 Å². The van der Waals surface area contributed by atoms with E-state index in [-0.39, 0.29) is 57.9 Å². The first-order valence-corrected chi connectivity index (χ1v) is 18.3. The molecule has 0 amide bonds. The maximum absolute atomic E-state index is 14.3. The Balaban J connectivity index is 1.32. The summed E-state index contributed by atoms with van der Waals surface area (Å²) in [5.41, 5.74) is 2.25. The number of carboxylic acid groups (broad SMARTS) is 1. The second-order valence-corrected chi connectivity index (χ2v) is 18.3. The van der Waals surface area contributed by atoms with Crippen LogP contribution in [0.4, 0.5) is 0 Å². The van der Waals surface area contributed by atoms with Crippen molar-refractivity contribution in [1.29, 1.82) is 0 Å². The second kappa shape index (κ2) is 11.8. The van der Waals surface area contributed by atoms with Gasteiger partial charge in [-0.25, -0.2) is 0 Å². The molecule has 5 aliphatic carbocycles. The highest BCUT2D eigenvalue weighted by Crippen LogP contribution is 2.76. The molecule has 6 nitrogen and oxygen atoms in total. The molecule has 0 aromatic heterocycles. The molecule has 0 heterocycles. The highest BCUT2D eigenvalue weighted by atomic mass is 16.5. The Bertz CT molecular complexity index is 1430. The molecule has 0 spiro atoms. The zero-order valence-corrected chi connectivity index (χ0v) is 30.0. The van der Waals surface area contributed by atoms with Gasteiger partial charge in [0.1, 0.15) is 12.7 Å². The van der Waals surface area contributed by atoms with Crippen LogP contribution in [0.1, 0.15) is 131 Å². The molecule has 4 fully saturated rings. The molecule has 1 N–H and O–H groups in total. The largest absolute Gasteiger partial charge is 0.481 e. The molecule has 6 heteroatoms.